The minimum Gasteiger partial charge on any atom is -0.483 e. The molecule has 31 heavy (non-hydrogen) atoms. The number of aryl methyl sites for hydroxylation is 1. The highest BCUT2D eigenvalue weighted by Crippen LogP contribution is 2.33. The number of nitrogens with one attached hydrogen (secondary N) is 1. The van der Waals surface area contributed by atoms with Crippen LogP contribution in [0.25, 0.3) is 6.08 Å². The van der Waals surface area contributed by atoms with Gasteiger partial charge in [-0.05, 0) is 54.5 Å². The van der Waals surface area contributed by atoms with Crippen molar-refractivity contribution in [2.24, 2.45) is 0 Å². The van der Waals surface area contributed by atoms with Crippen molar-refractivity contribution in [3.05, 3.63) is 87.4 Å². The van der Waals surface area contributed by atoms with Crippen LogP contribution in [-0.2, 0) is 17.8 Å². The summed E-state index contributed by atoms with van der Waals surface area (Å²) >= 11 is 17.6. The van der Waals surface area contributed by atoms with Crippen molar-refractivity contribution in [3.8, 4) is 5.75 Å². The molecule has 1 N–H and O–H groups in total. The van der Waals surface area contributed by atoms with E-state index in [1.165, 1.54) is 4.90 Å². The number of nitrogens with zero attached hydrogens (tertiary/aromatic N) is 1. The molecule has 0 unspecified atom stereocenters. The number of benzene rings is 2. The molecule has 1 saturated heterocycles. The van der Waals surface area contributed by atoms with Crippen LogP contribution in [0.15, 0.2) is 64.7 Å². The normalized spacial score (nSPS) is 14.9. The van der Waals surface area contributed by atoms with E-state index in [0.29, 0.717) is 38.1 Å². The van der Waals surface area contributed by atoms with Crippen LogP contribution >= 0.6 is 35.4 Å². The van der Waals surface area contributed by atoms with Crippen molar-refractivity contribution >= 4 is 58.2 Å². The Bertz CT molecular complexity index is 1170. The summed E-state index contributed by atoms with van der Waals surface area (Å²) in [5.41, 5.74) is 2.16. The van der Waals surface area contributed by atoms with Crippen molar-refractivity contribution < 1.29 is 13.9 Å². The van der Waals surface area contributed by atoms with Crippen LogP contribution in [0, 0.1) is 0 Å². The average Bonchev–Trinajstić information content (AvgIpc) is 3.31. The second-order valence-electron chi connectivity index (χ2n) is 6.75. The van der Waals surface area contributed by atoms with Crippen LogP contribution < -0.4 is 15.0 Å². The van der Waals surface area contributed by atoms with Crippen LogP contribution in [0.1, 0.15) is 24.0 Å². The molecule has 0 aliphatic carbocycles. The smallest absolute Gasteiger partial charge is 0.281 e. The number of ether oxygens (including phenoxy) is 1. The fourth-order valence-electron chi connectivity index (χ4n) is 3.24. The van der Waals surface area contributed by atoms with Gasteiger partial charge in [-0.25, -0.2) is 0 Å². The summed E-state index contributed by atoms with van der Waals surface area (Å²) in [6, 6.07) is 16.3. The maximum absolute atomic E-state index is 13.0. The quantitative estimate of drug-likeness (QED) is 0.352. The second kappa shape index (κ2) is 9.14. The number of anilines is 1. The zero-order chi connectivity index (χ0) is 22.0. The van der Waals surface area contributed by atoms with E-state index in [1.54, 1.807) is 36.4 Å². The SMILES string of the molecule is CCc1ccccc1N1C(=O)/C(=C\c2ccc(COc3c(Cl)cccc3Cl)o2)NC1=S. The largest absolute Gasteiger partial charge is 0.483 e. The molecule has 0 atom stereocenters. The second-order valence-corrected chi connectivity index (χ2v) is 7.96. The Labute approximate surface area is 195 Å². The lowest BCUT2D eigenvalue weighted by Gasteiger charge is -2.17. The molecule has 1 aliphatic rings. The fourth-order valence-corrected chi connectivity index (χ4v) is 4.04. The van der Waals surface area contributed by atoms with Gasteiger partial charge in [0.2, 0.25) is 0 Å². The first-order valence-corrected chi connectivity index (χ1v) is 10.7. The molecule has 1 amide bonds. The van der Waals surface area contributed by atoms with Gasteiger partial charge in [0.1, 0.15) is 23.8 Å². The predicted octanol–water partition coefficient (Wildman–Crippen LogP) is 5.99. The third kappa shape index (κ3) is 4.46. The standard InChI is InChI=1S/C23H18Cl2N2O3S/c1-2-14-6-3-4-9-20(14)27-22(28)19(26-23(27)31)12-15-10-11-16(30-15)13-29-21-17(24)7-5-8-18(21)25/h3-12H,2,13H2,1H3,(H,26,31)/b19-12+. The molecule has 0 spiro atoms. The van der Waals surface area contributed by atoms with Crippen molar-refractivity contribution in [2.75, 3.05) is 4.90 Å². The summed E-state index contributed by atoms with van der Waals surface area (Å²) in [5, 5.41) is 4.15. The summed E-state index contributed by atoms with van der Waals surface area (Å²) in [5.74, 6) is 1.21. The van der Waals surface area contributed by atoms with E-state index in [0.717, 1.165) is 17.7 Å². The van der Waals surface area contributed by atoms with E-state index in [-0.39, 0.29) is 12.5 Å². The lowest BCUT2D eigenvalue weighted by molar-refractivity contribution is -0.113. The third-order valence-electron chi connectivity index (χ3n) is 4.74. The van der Waals surface area contributed by atoms with Crippen LogP contribution in [0.2, 0.25) is 10.0 Å². The minimum absolute atomic E-state index is 0.141. The van der Waals surface area contributed by atoms with Crippen molar-refractivity contribution in [2.45, 2.75) is 20.0 Å². The Hall–Kier alpha value is -2.80. The first-order chi connectivity index (χ1) is 15.0. The highest BCUT2D eigenvalue weighted by atomic mass is 35.5. The predicted molar refractivity (Wildman–Crippen MR) is 127 cm³/mol. The van der Waals surface area contributed by atoms with E-state index in [1.807, 2.05) is 31.2 Å². The number of amides is 1. The van der Waals surface area contributed by atoms with Gasteiger partial charge in [-0.15, -0.1) is 0 Å². The van der Waals surface area contributed by atoms with Gasteiger partial charge < -0.3 is 14.5 Å². The number of carbonyl (C=O) groups excluding carboxylic acids is 1. The van der Waals surface area contributed by atoms with E-state index >= 15 is 0 Å². The van der Waals surface area contributed by atoms with Gasteiger partial charge in [0.25, 0.3) is 5.91 Å². The van der Waals surface area contributed by atoms with E-state index in [9.17, 15) is 4.79 Å². The number of para-hydroxylation sites is 2. The van der Waals surface area contributed by atoms with Crippen LogP contribution in [-0.4, -0.2) is 11.0 Å². The van der Waals surface area contributed by atoms with Gasteiger partial charge in [-0.1, -0.05) is 54.4 Å². The van der Waals surface area contributed by atoms with Crippen LogP contribution in [0.4, 0.5) is 5.69 Å². The highest BCUT2D eigenvalue weighted by molar-refractivity contribution is 7.80. The molecule has 1 fully saturated rings. The Balaban J connectivity index is 1.50. The first-order valence-electron chi connectivity index (χ1n) is 9.58. The van der Waals surface area contributed by atoms with Gasteiger partial charge in [-0.3, -0.25) is 9.69 Å². The number of halogens is 2. The number of furan rings is 1. The summed E-state index contributed by atoms with van der Waals surface area (Å²) in [6.45, 7) is 2.18. The molecule has 4 rings (SSSR count). The van der Waals surface area contributed by atoms with E-state index in [4.69, 9.17) is 44.6 Å². The van der Waals surface area contributed by atoms with Crippen LogP contribution in [0.3, 0.4) is 0 Å². The van der Waals surface area contributed by atoms with E-state index < -0.39 is 0 Å². The molecule has 5 nitrogen and oxygen atoms in total. The van der Waals surface area contributed by atoms with Gasteiger partial charge in [-0.2, -0.15) is 0 Å². The molecule has 158 valence electrons. The molecular formula is C23H18Cl2N2O3S. The lowest BCUT2D eigenvalue weighted by Crippen LogP contribution is -2.31. The number of carbonyl (C=O) groups is 1. The summed E-state index contributed by atoms with van der Waals surface area (Å²) < 4.78 is 11.5. The minimum atomic E-state index is -0.233. The molecule has 0 radical (unpaired) electrons. The molecule has 3 aromatic rings. The zero-order valence-corrected chi connectivity index (χ0v) is 18.9. The molecule has 0 saturated carbocycles. The van der Waals surface area contributed by atoms with Crippen molar-refractivity contribution in [1.82, 2.24) is 5.32 Å². The molecule has 1 aliphatic heterocycles. The maximum atomic E-state index is 13.0. The van der Waals surface area contributed by atoms with Crippen molar-refractivity contribution in [1.29, 1.82) is 0 Å². The average molecular weight is 473 g/mol. The lowest BCUT2D eigenvalue weighted by atomic mass is 10.1. The molecule has 8 heteroatoms. The number of hydrogen-bond acceptors (Lipinski definition) is 4. The van der Waals surface area contributed by atoms with Gasteiger partial charge in [0.15, 0.2) is 10.9 Å². The summed E-state index contributed by atoms with van der Waals surface area (Å²) in [4.78, 5) is 14.5. The molecular weight excluding hydrogens is 455 g/mol. The molecule has 1 aromatic heterocycles. The maximum Gasteiger partial charge on any atom is 0.281 e. The van der Waals surface area contributed by atoms with E-state index in [2.05, 4.69) is 5.32 Å². The van der Waals surface area contributed by atoms with Gasteiger partial charge in [0.05, 0.1) is 15.7 Å². The number of rotatable bonds is 6. The van der Waals surface area contributed by atoms with Gasteiger partial charge >= 0.3 is 0 Å². The fraction of sp³-hybridized carbons (Fsp3) is 0.130. The monoisotopic (exact) mass is 472 g/mol. The molecule has 2 heterocycles. The van der Waals surface area contributed by atoms with Crippen LogP contribution in [0.5, 0.6) is 5.75 Å². The molecule has 2 aromatic carbocycles. The summed E-state index contributed by atoms with van der Waals surface area (Å²) in [7, 11) is 0. The Kier molecular flexibility index (Phi) is 6.32. The Morgan fingerprint density at radius 1 is 1.10 bits per heavy atom. The number of thiocarbonyl (C=S) groups is 1. The molecule has 0 bridgehead atoms. The highest BCUT2D eigenvalue weighted by Gasteiger charge is 2.33. The Morgan fingerprint density at radius 2 is 1.84 bits per heavy atom. The summed E-state index contributed by atoms with van der Waals surface area (Å²) in [6.07, 6.45) is 2.41. The van der Waals surface area contributed by atoms with Crippen molar-refractivity contribution in [3.63, 3.8) is 0 Å². The first kappa shape index (κ1) is 21.4. The van der Waals surface area contributed by atoms with Gasteiger partial charge in [0, 0.05) is 6.08 Å². The zero-order valence-electron chi connectivity index (χ0n) is 16.5. The third-order valence-corrected chi connectivity index (χ3v) is 5.62. The Morgan fingerprint density at radius 3 is 2.58 bits per heavy atom. The number of hydrogen-bond donors (Lipinski definition) is 1. The topological polar surface area (TPSA) is 54.7 Å².